The molecule has 0 radical (unpaired) electrons. The molecule has 2 aliphatic rings. The number of hydrogen-bond acceptors (Lipinski definition) is 4. The van der Waals surface area contributed by atoms with Gasteiger partial charge in [0.25, 0.3) is 5.69 Å². The Morgan fingerprint density at radius 3 is 2.48 bits per heavy atom. The normalized spacial score (nSPS) is 32.2. The number of quaternary nitrogens is 1. The summed E-state index contributed by atoms with van der Waals surface area (Å²) < 4.78 is 6.25. The molecule has 128 valence electrons. The van der Waals surface area contributed by atoms with Gasteiger partial charge in [0, 0.05) is 37.8 Å². The Morgan fingerprint density at radius 2 is 1.96 bits per heavy atom. The van der Waals surface area contributed by atoms with Crippen molar-refractivity contribution in [2.45, 2.75) is 50.4 Å². The smallest absolute Gasteiger partial charge is 0.270 e. The van der Waals surface area contributed by atoms with Crippen molar-refractivity contribution >= 4 is 5.69 Å². The Labute approximate surface area is 146 Å². The molecular formula is C16H23BrN2O4. The molecule has 0 amide bonds. The maximum absolute atomic E-state index is 11.0. The van der Waals surface area contributed by atoms with Crippen molar-refractivity contribution in [3.05, 3.63) is 33.9 Å². The second-order valence-corrected chi connectivity index (χ2v) is 6.77. The Hall–Kier alpha value is -1.18. The third kappa shape index (κ3) is 3.22. The predicted octanol–water partition coefficient (Wildman–Crippen LogP) is -0.760. The van der Waals surface area contributed by atoms with E-state index < -0.39 is 0 Å². The number of methoxy groups -OCH3 is 1. The topological polar surface area (TPSA) is 72.6 Å². The quantitative estimate of drug-likeness (QED) is 0.419. The van der Waals surface area contributed by atoms with Gasteiger partial charge in [-0.15, -0.1) is 0 Å². The first-order chi connectivity index (χ1) is 10.4. The summed E-state index contributed by atoms with van der Waals surface area (Å²) in [5.74, 6) is 0.704. The standard InChI is InChI=1S/C16H23N2O4.BrH/c1-18(13-4-5-14(18)9-15(19)8-13)10-11-7-12(17(20)21)3-6-16(11)22-2;/h3,6-7,13-15,19H,4-5,8-10H2,1-2H3;1H/q+1;/p-1. The molecule has 2 saturated heterocycles. The van der Waals surface area contributed by atoms with Gasteiger partial charge in [-0.2, -0.15) is 0 Å². The minimum atomic E-state index is -0.364. The van der Waals surface area contributed by atoms with Crippen molar-refractivity contribution < 1.29 is 36.2 Å². The van der Waals surface area contributed by atoms with Crippen molar-refractivity contribution in [1.82, 2.24) is 0 Å². The number of halogens is 1. The first-order valence-corrected chi connectivity index (χ1v) is 7.78. The Balaban J connectivity index is 0.00000192. The van der Waals surface area contributed by atoms with Crippen LogP contribution < -0.4 is 21.7 Å². The highest BCUT2D eigenvalue weighted by atomic mass is 79.9. The van der Waals surface area contributed by atoms with E-state index >= 15 is 0 Å². The third-order valence-electron chi connectivity index (χ3n) is 5.58. The summed E-state index contributed by atoms with van der Waals surface area (Å²) in [5.41, 5.74) is 0.985. The lowest BCUT2D eigenvalue weighted by atomic mass is 9.95. The molecule has 0 saturated carbocycles. The van der Waals surface area contributed by atoms with Gasteiger partial charge in [0.1, 0.15) is 12.3 Å². The van der Waals surface area contributed by atoms with Crippen LogP contribution in [0.1, 0.15) is 31.2 Å². The fraction of sp³-hybridized carbons (Fsp3) is 0.625. The minimum absolute atomic E-state index is 0. The van der Waals surface area contributed by atoms with Gasteiger partial charge in [0.15, 0.2) is 0 Å². The van der Waals surface area contributed by atoms with Gasteiger partial charge in [0.2, 0.25) is 0 Å². The van der Waals surface area contributed by atoms with Crippen molar-refractivity contribution in [3.63, 3.8) is 0 Å². The van der Waals surface area contributed by atoms with Crippen molar-refractivity contribution in [1.29, 1.82) is 0 Å². The average molecular weight is 387 g/mol. The molecular weight excluding hydrogens is 364 g/mol. The first-order valence-electron chi connectivity index (χ1n) is 7.78. The van der Waals surface area contributed by atoms with Crippen molar-refractivity contribution in [2.75, 3.05) is 14.2 Å². The van der Waals surface area contributed by atoms with E-state index in [0.29, 0.717) is 24.4 Å². The molecule has 0 spiro atoms. The number of fused-ring (bicyclic) bond motifs is 2. The molecule has 7 heteroatoms. The Bertz CT molecular complexity index is 581. The van der Waals surface area contributed by atoms with Crippen LogP contribution in [-0.2, 0) is 6.54 Å². The SMILES string of the molecule is COc1ccc([N+](=O)[O-])cc1C[N+]1(C)C2CCC1CC(O)C2.[Br-]. The number of benzene rings is 1. The van der Waals surface area contributed by atoms with Crippen LogP contribution in [0.25, 0.3) is 0 Å². The summed E-state index contributed by atoms with van der Waals surface area (Å²) in [5, 5.41) is 21.0. The van der Waals surface area contributed by atoms with Crippen molar-refractivity contribution in [2.24, 2.45) is 0 Å². The summed E-state index contributed by atoms with van der Waals surface area (Å²) >= 11 is 0. The lowest BCUT2D eigenvalue weighted by molar-refractivity contribution is -0.961. The van der Waals surface area contributed by atoms with Gasteiger partial charge in [-0.05, 0) is 6.07 Å². The lowest BCUT2D eigenvalue weighted by Gasteiger charge is -2.46. The van der Waals surface area contributed by atoms with Crippen LogP contribution in [0.2, 0.25) is 0 Å². The number of nitro groups is 1. The van der Waals surface area contributed by atoms with Crippen LogP contribution >= 0.6 is 0 Å². The maximum Gasteiger partial charge on any atom is 0.270 e. The highest BCUT2D eigenvalue weighted by Gasteiger charge is 2.51. The van der Waals surface area contributed by atoms with E-state index in [4.69, 9.17) is 4.74 Å². The van der Waals surface area contributed by atoms with Gasteiger partial charge in [0.05, 0.1) is 42.8 Å². The predicted molar refractivity (Wildman–Crippen MR) is 81.6 cm³/mol. The maximum atomic E-state index is 11.0. The molecule has 2 aliphatic heterocycles. The zero-order valence-electron chi connectivity index (χ0n) is 13.4. The highest BCUT2D eigenvalue weighted by molar-refractivity contribution is 5.43. The van der Waals surface area contributed by atoms with Gasteiger partial charge >= 0.3 is 0 Å². The molecule has 1 N–H and O–H groups in total. The molecule has 23 heavy (non-hydrogen) atoms. The van der Waals surface area contributed by atoms with Gasteiger partial charge in [-0.1, -0.05) is 0 Å². The zero-order valence-corrected chi connectivity index (χ0v) is 15.0. The molecule has 0 aliphatic carbocycles. The van der Waals surface area contributed by atoms with E-state index in [1.54, 1.807) is 19.2 Å². The summed E-state index contributed by atoms with van der Waals surface area (Å²) in [7, 11) is 3.81. The van der Waals surface area contributed by atoms with Crippen LogP contribution in [0.5, 0.6) is 5.75 Å². The lowest BCUT2D eigenvalue weighted by Crippen LogP contribution is -3.00. The monoisotopic (exact) mass is 386 g/mol. The van der Waals surface area contributed by atoms with Crippen LogP contribution in [0.4, 0.5) is 5.69 Å². The molecule has 1 aromatic rings. The average Bonchev–Trinajstić information content (AvgIpc) is 2.65. The Morgan fingerprint density at radius 1 is 1.35 bits per heavy atom. The van der Waals surface area contributed by atoms with Crippen molar-refractivity contribution in [3.8, 4) is 5.75 Å². The molecule has 2 bridgehead atoms. The fourth-order valence-corrected chi connectivity index (χ4v) is 4.34. The summed E-state index contributed by atoms with van der Waals surface area (Å²) in [4.78, 5) is 10.7. The van der Waals surface area contributed by atoms with Crippen LogP contribution in [0.15, 0.2) is 18.2 Å². The molecule has 6 nitrogen and oxygen atoms in total. The largest absolute Gasteiger partial charge is 1.00 e. The molecule has 2 atom stereocenters. The van der Waals surface area contributed by atoms with Crippen LogP contribution in [-0.4, -0.2) is 46.9 Å². The second-order valence-electron chi connectivity index (χ2n) is 6.77. The molecule has 2 heterocycles. The number of aliphatic hydroxyl groups is 1. The fourth-order valence-electron chi connectivity index (χ4n) is 4.34. The zero-order chi connectivity index (χ0) is 15.9. The number of non-ortho nitro benzene ring substituents is 1. The van der Waals surface area contributed by atoms with Gasteiger partial charge < -0.3 is 31.3 Å². The summed E-state index contributed by atoms with van der Waals surface area (Å²) in [6.07, 6.45) is 3.69. The number of nitrogens with zero attached hydrogens (tertiary/aromatic N) is 2. The number of ether oxygens (including phenoxy) is 1. The first kappa shape index (κ1) is 18.2. The van der Waals surface area contributed by atoms with Crippen LogP contribution in [0, 0.1) is 10.1 Å². The second kappa shape index (κ2) is 6.75. The van der Waals surface area contributed by atoms with E-state index in [-0.39, 0.29) is 33.7 Å². The number of rotatable bonds is 4. The number of aliphatic hydroxyl groups excluding tert-OH is 1. The van der Waals surface area contributed by atoms with Gasteiger partial charge in [-0.25, -0.2) is 0 Å². The highest BCUT2D eigenvalue weighted by Crippen LogP contribution is 2.43. The van der Waals surface area contributed by atoms with E-state index in [2.05, 4.69) is 7.05 Å². The molecule has 2 unspecified atom stereocenters. The number of hydrogen-bond donors (Lipinski definition) is 1. The van der Waals surface area contributed by atoms with Crippen LogP contribution in [0.3, 0.4) is 0 Å². The number of nitro benzene ring substituents is 1. The molecule has 1 aromatic carbocycles. The molecule has 2 fully saturated rings. The molecule has 3 rings (SSSR count). The van der Waals surface area contributed by atoms with Gasteiger partial charge in [-0.3, -0.25) is 10.1 Å². The van der Waals surface area contributed by atoms with E-state index in [1.165, 1.54) is 6.07 Å². The molecule has 0 aromatic heterocycles. The summed E-state index contributed by atoms with van der Waals surface area (Å²) in [6.45, 7) is 0.715. The number of piperidine rings is 1. The minimum Gasteiger partial charge on any atom is -1.00 e. The van der Waals surface area contributed by atoms with E-state index in [1.807, 2.05) is 0 Å². The third-order valence-corrected chi connectivity index (χ3v) is 5.58. The Kier molecular flexibility index (Phi) is 5.33. The summed E-state index contributed by atoms with van der Waals surface area (Å²) in [6, 6.07) is 5.65. The van der Waals surface area contributed by atoms with E-state index in [9.17, 15) is 15.2 Å². The van der Waals surface area contributed by atoms with E-state index in [0.717, 1.165) is 35.7 Å².